The SMILES string of the molecule is Cc1c(C(CCCc2ccccc2)NN)cnn1C. The van der Waals surface area contributed by atoms with Crippen molar-refractivity contribution in [3.63, 3.8) is 0 Å². The second-order valence-electron chi connectivity index (χ2n) is 4.91. The summed E-state index contributed by atoms with van der Waals surface area (Å²) in [5.41, 5.74) is 6.64. The Kier molecular flexibility index (Phi) is 4.71. The Labute approximate surface area is 114 Å². The summed E-state index contributed by atoms with van der Waals surface area (Å²) in [5, 5.41) is 4.27. The van der Waals surface area contributed by atoms with E-state index in [0.717, 1.165) is 19.3 Å². The van der Waals surface area contributed by atoms with Crippen molar-refractivity contribution in [1.82, 2.24) is 15.2 Å². The Hall–Kier alpha value is -1.65. The predicted molar refractivity (Wildman–Crippen MR) is 77.4 cm³/mol. The molecule has 0 fully saturated rings. The molecule has 2 aromatic rings. The van der Waals surface area contributed by atoms with Gasteiger partial charge in [-0.25, -0.2) is 0 Å². The molecule has 1 aromatic heterocycles. The highest BCUT2D eigenvalue weighted by molar-refractivity contribution is 5.20. The van der Waals surface area contributed by atoms with Gasteiger partial charge < -0.3 is 0 Å². The molecule has 0 aliphatic carbocycles. The smallest absolute Gasteiger partial charge is 0.0540 e. The largest absolute Gasteiger partial charge is 0.273 e. The van der Waals surface area contributed by atoms with Crippen LogP contribution in [0.15, 0.2) is 36.5 Å². The maximum Gasteiger partial charge on any atom is 0.0540 e. The van der Waals surface area contributed by atoms with E-state index in [0.29, 0.717) is 0 Å². The molecule has 1 unspecified atom stereocenters. The number of aryl methyl sites for hydroxylation is 2. The Morgan fingerprint density at radius 3 is 2.63 bits per heavy atom. The first-order valence-corrected chi connectivity index (χ1v) is 6.71. The van der Waals surface area contributed by atoms with E-state index < -0.39 is 0 Å². The third kappa shape index (κ3) is 3.43. The number of nitrogens with two attached hydrogens (primary N) is 1. The monoisotopic (exact) mass is 258 g/mol. The maximum absolute atomic E-state index is 5.68. The van der Waals surface area contributed by atoms with Gasteiger partial charge in [0.1, 0.15) is 0 Å². The molecule has 19 heavy (non-hydrogen) atoms. The van der Waals surface area contributed by atoms with Crippen LogP contribution in [0.2, 0.25) is 0 Å². The first-order chi connectivity index (χ1) is 9.22. The van der Waals surface area contributed by atoms with Crippen LogP contribution in [-0.2, 0) is 13.5 Å². The summed E-state index contributed by atoms with van der Waals surface area (Å²) in [5.74, 6) is 5.68. The Balaban J connectivity index is 1.91. The van der Waals surface area contributed by atoms with Crippen LogP contribution >= 0.6 is 0 Å². The topological polar surface area (TPSA) is 55.9 Å². The molecule has 0 aliphatic heterocycles. The fraction of sp³-hybridized carbons (Fsp3) is 0.400. The molecule has 1 heterocycles. The summed E-state index contributed by atoms with van der Waals surface area (Å²) in [6.07, 6.45) is 5.10. The van der Waals surface area contributed by atoms with Gasteiger partial charge in [0.2, 0.25) is 0 Å². The highest BCUT2D eigenvalue weighted by atomic mass is 15.3. The number of benzene rings is 1. The van der Waals surface area contributed by atoms with E-state index >= 15 is 0 Å². The van der Waals surface area contributed by atoms with E-state index in [1.807, 2.05) is 24.0 Å². The van der Waals surface area contributed by atoms with Crippen LogP contribution in [0.4, 0.5) is 0 Å². The van der Waals surface area contributed by atoms with Gasteiger partial charge in [0.25, 0.3) is 0 Å². The zero-order chi connectivity index (χ0) is 13.7. The van der Waals surface area contributed by atoms with Gasteiger partial charge in [-0.05, 0) is 31.7 Å². The van der Waals surface area contributed by atoms with Crippen LogP contribution < -0.4 is 11.3 Å². The lowest BCUT2D eigenvalue weighted by atomic mass is 10.00. The Morgan fingerprint density at radius 1 is 1.32 bits per heavy atom. The molecule has 4 nitrogen and oxygen atoms in total. The number of nitrogens with one attached hydrogen (secondary N) is 1. The number of hydrazine groups is 1. The van der Waals surface area contributed by atoms with Crippen LogP contribution in [0.3, 0.4) is 0 Å². The van der Waals surface area contributed by atoms with Crippen molar-refractivity contribution in [2.75, 3.05) is 0 Å². The second kappa shape index (κ2) is 6.50. The number of rotatable bonds is 6. The van der Waals surface area contributed by atoms with E-state index in [-0.39, 0.29) is 6.04 Å². The molecular weight excluding hydrogens is 236 g/mol. The van der Waals surface area contributed by atoms with Crippen molar-refractivity contribution in [3.05, 3.63) is 53.3 Å². The third-order valence-electron chi connectivity index (χ3n) is 3.65. The lowest BCUT2D eigenvalue weighted by Gasteiger charge is -2.15. The molecule has 4 heteroatoms. The third-order valence-corrected chi connectivity index (χ3v) is 3.65. The van der Waals surface area contributed by atoms with Crippen LogP contribution in [0, 0.1) is 6.92 Å². The fourth-order valence-corrected chi connectivity index (χ4v) is 2.34. The fourth-order valence-electron chi connectivity index (χ4n) is 2.34. The number of hydrogen-bond acceptors (Lipinski definition) is 3. The zero-order valence-electron chi connectivity index (χ0n) is 11.6. The van der Waals surface area contributed by atoms with Gasteiger partial charge in [-0.15, -0.1) is 0 Å². The molecule has 102 valence electrons. The van der Waals surface area contributed by atoms with E-state index in [4.69, 9.17) is 5.84 Å². The van der Waals surface area contributed by atoms with Crippen LogP contribution in [0.5, 0.6) is 0 Å². The van der Waals surface area contributed by atoms with Gasteiger partial charge in [-0.2, -0.15) is 5.10 Å². The summed E-state index contributed by atoms with van der Waals surface area (Å²) in [7, 11) is 1.95. The summed E-state index contributed by atoms with van der Waals surface area (Å²) in [6, 6.07) is 10.7. The number of nitrogens with zero attached hydrogens (tertiary/aromatic N) is 2. The minimum atomic E-state index is 0.178. The average molecular weight is 258 g/mol. The Bertz CT molecular complexity index is 504. The second-order valence-corrected chi connectivity index (χ2v) is 4.91. The van der Waals surface area contributed by atoms with Gasteiger partial charge in [0, 0.05) is 24.3 Å². The molecule has 0 spiro atoms. The summed E-state index contributed by atoms with van der Waals surface area (Å²) < 4.78 is 1.89. The van der Waals surface area contributed by atoms with E-state index in [1.54, 1.807) is 0 Å². The van der Waals surface area contributed by atoms with Crippen LogP contribution in [0.25, 0.3) is 0 Å². The van der Waals surface area contributed by atoms with Crippen LogP contribution in [0.1, 0.15) is 35.7 Å². The molecular formula is C15H22N4. The van der Waals surface area contributed by atoms with Crippen molar-refractivity contribution in [3.8, 4) is 0 Å². The first kappa shape index (κ1) is 13.8. The molecule has 3 N–H and O–H groups in total. The van der Waals surface area contributed by atoms with Crippen molar-refractivity contribution in [2.24, 2.45) is 12.9 Å². The summed E-state index contributed by atoms with van der Waals surface area (Å²) in [6.45, 7) is 2.07. The van der Waals surface area contributed by atoms with Gasteiger partial charge >= 0.3 is 0 Å². The lowest BCUT2D eigenvalue weighted by Crippen LogP contribution is -2.28. The maximum atomic E-state index is 5.68. The molecule has 0 amide bonds. The molecule has 0 bridgehead atoms. The highest BCUT2D eigenvalue weighted by Gasteiger charge is 2.14. The van der Waals surface area contributed by atoms with Crippen LogP contribution in [-0.4, -0.2) is 9.78 Å². The molecule has 1 atom stereocenters. The van der Waals surface area contributed by atoms with Gasteiger partial charge in [0.05, 0.1) is 6.20 Å². The number of hydrogen-bond donors (Lipinski definition) is 2. The highest BCUT2D eigenvalue weighted by Crippen LogP contribution is 2.21. The van der Waals surface area contributed by atoms with E-state index in [9.17, 15) is 0 Å². The van der Waals surface area contributed by atoms with Gasteiger partial charge in [-0.1, -0.05) is 30.3 Å². The predicted octanol–water partition coefficient (Wildman–Crippen LogP) is 2.26. The van der Waals surface area contributed by atoms with Crippen molar-refractivity contribution in [2.45, 2.75) is 32.2 Å². The lowest BCUT2D eigenvalue weighted by molar-refractivity contribution is 0.496. The molecule has 2 rings (SSSR count). The normalized spacial score (nSPS) is 12.6. The first-order valence-electron chi connectivity index (χ1n) is 6.71. The van der Waals surface area contributed by atoms with Crippen molar-refractivity contribution < 1.29 is 0 Å². The van der Waals surface area contributed by atoms with Crippen molar-refractivity contribution in [1.29, 1.82) is 0 Å². The molecule has 1 aromatic carbocycles. The van der Waals surface area contributed by atoms with E-state index in [1.165, 1.54) is 16.8 Å². The molecule has 0 aliphatic rings. The quantitative estimate of drug-likeness (QED) is 0.617. The zero-order valence-corrected chi connectivity index (χ0v) is 11.6. The molecule has 0 saturated carbocycles. The average Bonchev–Trinajstić information content (AvgIpc) is 2.77. The Morgan fingerprint density at radius 2 is 2.05 bits per heavy atom. The molecule has 0 saturated heterocycles. The molecule has 0 radical (unpaired) electrons. The minimum Gasteiger partial charge on any atom is -0.273 e. The standard InChI is InChI=1S/C15H22N4/c1-12-14(11-17-19(12)2)15(18-16)10-6-9-13-7-4-3-5-8-13/h3-5,7-8,11,15,18H,6,9-10,16H2,1-2H3. The van der Waals surface area contributed by atoms with Gasteiger partial charge in [0.15, 0.2) is 0 Å². The van der Waals surface area contributed by atoms with Crippen molar-refractivity contribution >= 4 is 0 Å². The summed E-state index contributed by atoms with van der Waals surface area (Å²) >= 11 is 0. The minimum absolute atomic E-state index is 0.178. The van der Waals surface area contributed by atoms with E-state index in [2.05, 4.69) is 41.7 Å². The summed E-state index contributed by atoms with van der Waals surface area (Å²) in [4.78, 5) is 0. The number of aromatic nitrogens is 2. The van der Waals surface area contributed by atoms with Gasteiger partial charge in [-0.3, -0.25) is 16.0 Å².